The minimum absolute atomic E-state index is 0.225. The van der Waals surface area contributed by atoms with Crippen molar-refractivity contribution in [2.75, 3.05) is 5.32 Å². The van der Waals surface area contributed by atoms with E-state index < -0.39 is 23.9 Å². The van der Waals surface area contributed by atoms with E-state index in [4.69, 9.17) is 9.84 Å². The zero-order valence-corrected chi connectivity index (χ0v) is 16.8. The van der Waals surface area contributed by atoms with Gasteiger partial charge in [0.05, 0.1) is 23.4 Å². The first-order valence-electron chi connectivity index (χ1n) is 9.21. The lowest BCUT2D eigenvalue weighted by Crippen LogP contribution is -2.18. The quantitative estimate of drug-likeness (QED) is 0.714. The zero-order chi connectivity index (χ0) is 20.4. The second-order valence-corrected chi connectivity index (χ2v) is 8.15. The van der Waals surface area contributed by atoms with Gasteiger partial charge in [-0.15, -0.1) is 11.3 Å². The number of esters is 1. The number of carboxylic acid groups (broad SMARTS) is 1. The van der Waals surface area contributed by atoms with Crippen LogP contribution in [0.4, 0.5) is 5.00 Å². The summed E-state index contributed by atoms with van der Waals surface area (Å²) in [7, 11) is 0. The molecule has 1 amide bonds. The fraction of sp³-hybridized carbons (Fsp3) is 0.474. The SMILES string of the molecule is CC(C)OC(=O)c1c(NC(=O)c2cnn(C(C)C(=O)O)c2)sc2c1CCCC2. The average Bonchev–Trinajstić information content (AvgIpc) is 3.24. The maximum Gasteiger partial charge on any atom is 0.341 e. The number of aliphatic carboxylic acids is 1. The summed E-state index contributed by atoms with van der Waals surface area (Å²) in [5, 5.41) is 16.3. The average molecular weight is 405 g/mol. The highest BCUT2D eigenvalue weighted by molar-refractivity contribution is 7.17. The van der Waals surface area contributed by atoms with Crippen molar-refractivity contribution in [3.63, 3.8) is 0 Å². The third-order valence-electron chi connectivity index (χ3n) is 4.56. The van der Waals surface area contributed by atoms with Crippen LogP contribution >= 0.6 is 11.3 Å². The van der Waals surface area contributed by atoms with Gasteiger partial charge in [-0.2, -0.15) is 5.10 Å². The number of rotatable bonds is 6. The van der Waals surface area contributed by atoms with Gasteiger partial charge < -0.3 is 15.2 Å². The number of nitrogens with zero attached hydrogens (tertiary/aromatic N) is 2. The van der Waals surface area contributed by atoms with Crippen molar-refractivity contribution in [1.82, 2.24) is 9.78 Å². The van der Waals surface area contributed by atoms with Crippen molar-refractivity contribution in [3.8, 4) is 0 Å². The normalized spacial score (nSPS) is 14.4. The first kappa shape index (κ1) is 20.1. The number of hydrogen-bond acceptors (Lipinski definition) is 6. The molecule has 0 bridgehead atoms. The highest BCUT2D eigenvalue weighted by atomic mass is 32.1. The van der Waals surface area contributed by atoms with Crippen molar-refractivity contribution >= 4 is 34.2 Å². The van der Waals surface area contributed by atoms with Crippen LogP contribution in [-0.4, -0.2) is 38.8 Å². The van der Waals surface area contributed by atoms with Gasteiger partial charge in [-0.3, -0.25) is 9.48 Å². The lowest BCUT2D eigenvalue weighted by Gasteiger charge is -2.14. The zero-order valence-electron chi connectivity index (χ0n) is 16.0. The summed E-state index contributed by atoms with van der Waals surface area (Å²) in [6.07, 6.45) is 6.16. The van der Waals surface area contributed by atoms with Gasteiger partial charge in [0.15, 0.2) is 0 Å². The summed E-state index contributed by atoms with van der Waals surface area (Å²) in [6, 6.07) is -0.882. The number of fused-ring (bicyclic) bond motifs is 1. The van der Waals surface area contributed by atoms with Crippen molar-refractivity contribution in [1.29, 1.82) is 0 Å². The predicted molar refractivity (Wildman–Crippen MR) is 104 cm³/mol. The van der Waals surface area contributed by atoms with Crippen LogP contribution < -0.4 is 5.32 Å². The van der Waals surface area contributed by atoms with E-state index in [1.165, 1.54) is 35.3 Å². The molecule has 0 fully saturated rings. The molecule has 9 heteroatoms. The maximum atomic E-state index is 12.7. The monoisotopic (exact) mass is 405 g/mol. The lowest BCUT2D eigenvalue weighted by molar-refractivity contribution is -0.140. The molecule has 1 aliphatic rings. The molecule has 0 radical (unpaired) electrons. The van der Waals surface area contributed by atoms with Gasteiger partial charge in [0.1, 0.15) is 11.0 Å². The number of ether oxygens (including phenoxy) is 1. The number of carbonyl (C=O) groups excluding carboxylic acids is 2. The molecule has 28 heavy (non-hydrogen) atoms. The van der Waals surface area contributed by atoms with Crippen LogP contribution in [0.3, 0.4) is 0 Å². The smallest absolute Gasteiger partial charge is 0.341 e. The molecule has 2 heterocycles. The molecule has 0 aromatic carbocycles. The van der Waals surface area contributed by atoms with Gasteiger partial charge in [0.25, 0.3) is 5.91 Å². The molecule has 1 unspecified atom stereocenters. The van der Waals surface area contributed by atoms with Crippen molar-refractivity contribution in [3.05, 3.63) is 34.0 Å². The third-order valence-corrected chi connectivity index (χ3v) is 5.77. The summed E-state index contributed by atoms with van der Waals surface area (Å²) in [5.41, 5.74) is 1.63. The number of aryl methyl sites for hydroxylation is 1. The largest absolute Gasteiger partial charge is 0.480 e. The fourth-order valence-electron chi connectivity index (χ4n) is 3.10. The van der Waals surface area contributed by atoms with E-state index in [-0.39, 0.29) is 11.7 Å². The van der Waals surface area contributed by atoms with E-state index in [0.717, 1.165) is 36.1 Å². The number of aromatic nitrogens is 2. The van der Waals surface area contributed by atoms with Gasteiger partial charge in [0.2, 0.25) is 0 Å². The number of anilines is 1. The Morgan fingerprint density at radius 1 is 1.25 bits per heavy atom. The number of amides is 1. The highest BCUT2D eigenvalue weighted by Gasteiger charge is 2.28. The van der Waals surface area contributed by atoms with Crippen molar-refractivity contribution < 1.29 is 24.2 Å². The Bertz CT molecular complexity index is 915. The molecule has 1 aliphatic carbocycles. The number of hydrogen-bond donors (Lipinski definition) is 2. The van der Waals surface area contributed by atoms with Gasteiger partial charge in [-0.1, -0.05) is 0 Å². The lowest BCUT2D eigenvalue weighted by atomic mass is 9.95. The summed E-state index contributed by atoms with van der Waals surface area (Å²) >= 11 is 1.40. The van der Waals surface area contributed by atoms with Crippen LogP contribution in [0, 0.1) is 0 Å². The molecule has 0 aliphatic heterocycles. The summed E-state index contributed by atoms with van der Waals surface area (Å²) in [6.45, 7) is 5.05. The molecule has 1 atom stereocenters. The number of carbonyl (C=O) groups is 3. The molecule has 2 aromatic heterocycles. The maximum absolute atomic E-state index is 12.7. The van der Waals surface area contributed by atoms with Crippen molar-refractivity contribution in [2.45, 2.75) is 58.6 Å². The van der Waals surface area contributed by atoms with Crippen LogP contribution in [0.1, 0.15) is 70.8 Å². The minimum Gasteiger partial charge on any atom is -0.480 e. The topological polar surface area (TPSA) is 111 Å². The Morgan fingerprint density at radius 2 is 1.96 bits per heavy atom. The van der Waals surface area contributed by atoms with Crippen LogP contribution in [0.5, 0.6) is 0 Å². The van der Waals surface area contributed by atoms with Gasteiger partial charge in [-0.05, 0) is 52.0 Å². The molecule has 3 rings (SSSR count). The summed E-state index contributed by atoms with van der Waals surface area (Å²) < 4.78 is 6.60. The first-order valence-corrected chi connectivity index (χ1v) is 10.0. The van der Waals surface area contributed by atoms with Gasteiger partial charge in [0, 0.05) is 11.1 Å². The molecular formula is C19H23N3O5S. The fourth-order valence-corrected chi connectivity index (χ4v) is 4.37. The standard InChI is InChI=1S/C19H23N3O5S/c1-10(2)27-19(26)15-13-6-4-5-7-14(13)28-17(15)21-16(23)12-8-20-22(9-12)11(3)18(24)25/h8-11H,4-7H2,1-3H3,(H,21,23)(H,24,25). The van der Waals surface area contributed by atoms with Crippen LogP contribution in [0.25, 0.3) is 0 Å². The predicted octanol–water partition coefficient (Wildman–Crippen LogP) is 3.29. The number of carboxylic acids is 1. The number of nitrogens with one attached hydrogen (secondary N) is 1. The molecule has 8 nitrogen and oxygen atoms in total. The molecule has 150 valence electrons. The Labute approximate surface area is 166 Å². The van der Waals surface area contributed by atoms with Crippen LogP contribution in [0.2, 0.25) is 0 Å². The van der Waals surface area contributed by atoms with Crippen LogP contribution in [0.15, 0.2) is 12.4 Å². The number of thiophene rings is 1. The molecule has 2 N–H and O–H groups in total. The Balaban J connectivity index is 1.87. The molecule has 2 aromatic rings. The molecule has 0 spiro atoms. The van der Waals surface area contributed by atoms with Gasteiger partial charge >= 0.3 is 11.9 Å². The second-order valence-electron chi connectivity index (χ2n) is 7.05. The second kappa shape index (κ2) is 8.14. The Kier molecular flexibility index (Phi) is 5.83. The summed E-state index contributed by atoms with van der Waals surface area (Å²) in [4.78, 5) is 37.5. The Hall–Kier alpha value is -2.68. The minimum atomic E-state index is -1.04. The van der Waals surface area contributed by atoms with E-state index in [1.807, 2.05) is 0 Å². The van der Waals surface area contributed by atoms with E-state index in [9.17, 15) is 14.4 Å². The molecule has 0 saturated heterocycles. The first-order chi connectivity index (χ1) is 13.3. The van der Waals surface area contributed by atoms with Crippen LogP contribution in [-0.2, 0) is 22.4 Å². The van der Waals surface area contributed by atoms with E-state index in [0.29, 0.717) is 10.6 Å². The van der Waals surface area contributed by atoms with Crippen molar-refractivity contribution in [2.24, 2.45) is 0 Å². The van der Waals surface area contributed by atoms with Gasteiger partial charge in [-0.25, -0.2) is 9.59 Å². The Morgan fingerprint density at radius 3 is 2.64 bits per heavy atom. The highest BCUT2D eigenvalue weighted by Crippen LogP contribution is 2.39. The molecule has 0 saturated carbocycles. The van der Waals surface area contributed by atoms with E-state index in [2.05, 4.69) is 10.4 Å². The molecular weight excluding hydrogens is 382 g/mol. The summed E-state index contributed by atoms with van der Waals surface area (Å²) in [5.74, 6) is -1.92. The van der Waals surface area contributed by atoms with E-state index in [1.54, 1.807) is 13.8 Å². The third kappa shape index (κ3) is 4.09. The van der Waals surface area contributed by atoms with E-state index >= 15 is 0 Å².